The van der Waals surface area contributed by atoms with E-state index in [9.17, 15) is 14.7 Å². The van der Waals surface area contributed by atoms with E-state index in [1.165, 1.54) is 0 Å². The number of phenols is 1. The van der Waals surface area contributed by atoms with E-state index in [-0.39, 0.29) is 16.7 Å². The molecule has 2 aromatic rings. The van der Waals surface area contributed by atoms with Crippen molar-refractivity contribution in [1.29, 1.82) is 0 Å². The first-order chi connectivity index (χ1) is 16.8. The Bertz CT molecular complexity index is 1030. The number of rotatable bonds is 7. The van der Waals surface area contributed by atoms with Gasteiger partial charge in [0.15, 0.2) is 0 Å². The summed E-state index contributed by atoms with van der Waals surface area (Å²) >= 11 is 0. The average Bonchev–Trinajstić information content (AvgIpc) is 2.81. The predicted molar refractivity (Wildman–Crippen MR) is 144 cm³/mol. The van der Waals surface area contributed by atoms with Gasteiger partial charge in [0.2, 0.25) is 5.91 Å². The van der Waals surface area contributed by atoms with Gasteiger partial charge in [-0.1, -0.05) is 65.8 Å². The number of carboxylic acid groups (broad SMARTS) is 1. The molecule has 196 valence electrons. The average molecular weight is 495 g/mol. The number of carbonyl (C=O) groups excluding carboxylic acids is 1. The third-order valence-corrected chi connectivity index (χ3v) is 7.06. The predicted octanol–water partition coefficient (Wildman–Crippen LogP) is 5.00. The van der Waals surface area contributed by atoms with Gasteiger partial charge < -0.3 is 15.1 Å². The first-order valence-electron chi connectivity index (χ1n) is 12.9. The molecule has 6 nitrogen and oxygen atoms in total. The van der Waals surface area contributed by atoms with Crippen LogP contribution < -0.4 is 0 Å². The highest BCUT2D eigenvalue weighted by Gasteiger charge is 2.27. The lowest BCUT2D eigenvalue weighted by Gasteiger charge is -2.35. The lowest BCUT2D eigenvalue weighted by atomic mass is 9.78. The van der Waals surface area contributed by atoms with Crippen molar-refractivity contribution < 1.29 is 19.8 Å². The Balaban J connectivity index is 1.53. The molecule has 2 N–H and O–H groups in total. The third kappa shape index (κ3) is 7.10. The minimum Gasteiger partial charge on any atom is -0.507 e. The molecule has 0 radical (unpaired) electrons. The highest BCUT2D eigenvalue weighted by atomic mass is 16.4. The van der Waals surface area contributed by atoms with Gasteiger partial charge in [-0.2, -0.15) is 0 Å². The van der Waals surface area contributed by atoms with Gasteiger partial charge in [0.25, 0.3) is 0 Å². The summed E-state index contributed by atoms with van der Waals surface area (Å²) in [6.45, 7) is 16.7. The number of piperazine rings is 1. The van der Waals surface area contributed by atoms with Crippen LogP contribution in [0.1, 0.15) is 80.6 Å². The minimum absolute atomic E-state index is 0.182. The fourth-order valence-electron chi connectivity index (χ4n) is 4.71. The molecule has 0 aromatic heterocycles. The van der Waals surface area contributed by atoms with Crippen molar-refractivity contribution in [2.45, 2.75) is 71.6 Å². The second kappa shape index (κ2) is 11.0. The number of carboxylic acids is 1. The van der Waals surface area contributed by atoms with Crippen LogP contribution in [0.4, 0.5) is 0 Å². The van der Waals surface area contributed by atoms with Crippen molar-refractivity contribution in [2.75, 3.05) is 32.7 Å². The number of hydrogen-bond donors (Lipinski definition) is 2. The molecule has 0 aliphatic carbocycles. The minimum atomic E-state index is -0.906. The molecule has 0 spiro atoms. The summed E-state index contributed by atoms with van der Waals surface area (Å²) in [7, 11) is 0. The summed E-state index contributed by atoms with van der Waals surface area (Å²) in [5.74, 6) is -0.349. The zero-order valence-electron chi connectivity index (χ0n) is 22.7. The molecule has 1 fully saturated rings. The molecule has 0 unspecified atom stereocenters. The molecule has 0 atom stereocenters. The second-order valence-electron chi connectivity index (χ2n) is 12.0. The number of nitrogens with zero attached hydrogens (tertiary/aromatic N) is 2. The molecule has 36 heavy (non-hydrogen) atoms. The van der Waals surface area contributed by atoms with Crippen molar-refractivity contribution >= 4 is 11.9 Å². The summed E-state index contributed by atoms with van der Waals surface area (Å²) in [6, 6.07) is 11.2. The van der Waals surface area contributed by atoms with Gasteiger partial charge in [-0.05, 0) is 58.1 Å². The largest absolute Gasteiger partial charge is 0.507 e. The number of benzene rings is 2. The lowest BCUT2D eigenvalue weighted by molar-refractivity contribution is -0.132. The SMILES string of the molecule is CC(C)(C)c1cc(CCC(=O)N2CCN(CCc3ccc(C(=O)O)cc3)CC2)cc(C(C)(C)C)c1O. The molecule has 1 heterocycles. The summed E-state index contributed by atoms with van der Waals surface area (Å²) in [4.78, 5) is 28.3. The fourth-order valence-corrected chi connectivity index (χ4v) is 4.71. The van der Waals surface area contributed by atoms with Crippen molar-refractivity contribution in [1.82, 2.24) is 9.80 Å². The second-order valence-corrected chi connectivity index (χ2v) is 12.0. The first-order valence-corrected chi connectivity index (χ1v) is 12.9. The van der Waals surface area contributed by atoms with E-state index in [0.29, 0.717) is 24.2 Å². The summed E-state index contributed by atoms with van der Waals surface area (Å²) in [6.07, 6.45) is 1.99. The quantitative estimate of drug-likeness (QED) is 0.566. The van der Waals surface area contributed by atoms with Crippen LogP contribution in [0.2, 0.25) is 0 Å². The topological polar surface area (TPSA) is 81.1 Å². The van der Waals surface area contributed by atoms with Gasteiger partial charge in [-0.25, -0.2) is 4.79 Å². The highest BCUT2D eigenvalue weighted by molar-refractivity contribution is 5.87. The van der Waals surface area contributed by atoms with Crippen LogP contribution in [-0.2, 0) is 28.5 Å². The van der Waals surface area contributed by atoms with Crippen LogP contribution >= 0.6 is 0 Å². The van der Waals surface area contributed by atoms with Gasteiger partial charge in [0, 0.05) is 39.1 Å². The van der Waals surface area contributed by atoms with Crippen LogP contribution in [0.5, 0.6) is 5.75 Å². The maximum Gasteiger partial charge on any atom is 0.335 e. The van der Waals surface area contributed by atoms with E-state index in [4.69, 9.17) is 5.11 Å². The van der Waals surface area contributed by atoms with Crippen LogP contribution in [0.15, 0.2) is 36.4 Å². The zero-order valence-corrected chi connectivity index (χ0v) is 22.7. The Labute approximate surface area is 215 Å². The van der Waals surface area contributed by atoms with E-state index < -0.39 is 5.97 Å². The first kappa shape index (κ1) is 27.7. The number of carbonyl (C=O) groups is 2. The standard InChI is InChI=1S/C30H42N2O4/c1-29(2,3)24-19-22(20-25(27(24)34)30(4,5)6)9-12-26(33)32-17-15-31(16-18-32)14-13-21-7-10-23(11-8-21)28(35)36/h7-8,10-11,19-20,34H,9,12-18H2,1-6H3,(H,35,36). The zero-order chi connectivity index (χ0) is 26.7. The van der Waals surface area contributed by atoms with Crippen LogP contribution in [0, 0.1) is 0 Å². The molecule has 1 saturated heterocycles. The molecule has 0 bridgehead atoms. The molecule has 1 amide bonds. The number of aromatic carboxylic acids is 1. The Hall–Kier alpha value is -2.86. The van der Waals surface area contributed by atoms with E-state index in [1.54, 1.807) is 12.1 Å². The van der Waals surface area contributed by atoms with Crippen LogP contribution in [-0.4, -0.2) is 64.6 Å². The van der Waals surface area contributed by atoms with E-state index >= 15 is 0 Å². The Morgan fingerprint density at radius 2 is 1.33 bits per heavy atom. The number of hydrogen-bond acceptors (Lipinski definition) is 4. The summed E-state index contributed by atoms with van der Waals surface area (Å²) in [5, 5.41) is 20.0. The third-order valence-electron chi connectivity index (χ3n) is 7.06. The van der Waals surface area contributed by atoms with Crippen molar-refractivity contribution in [2.24, 2.45) is 0 Å². The smallest absolute Gasteiger partial charge is 0.335 e. The van der Waals surface area contributed by atoms with Crippen molar-refractivity contribution in [3.63, 3.8) is 0 Å². The molecular weight excluding hydrogens is 452 g/mol. The fraction of sp³-hybridized carbons (Fsp3) is 0.533. The normalized spacial score (nSPS) is 15.2. The van der Waals surface area contributed by atoms with Gasteiger partial charge in [0.1, 0.15) is 5.75 Å². The van der Waals surface area contributed by atoms with Gasteiger partial charge in [-0.15, -0.1) is 0 Å². The van der Waals surface area contributed by atoms with Crippen LogP contribution in [0.25, 0.3) is 0 Å². The molecule has 1 aliphatic heterocycles. The van der Waals surface area contributed by atoms with Gasteiger partial charge in [-0.3, -0.25) is 9.69 Å². The van der Waals surface area contributed by atoms with E-state index in [1.807, 2.05) is 17.0 Å². The van der Waals surface area contributed by atoms with Gasteiger partial charge in [0.05, 0.1) is 5.56 Å². The van der Waals surface area contributed by atoms with Gasteiger partial charge >= 0.3 is 5.97 Å². The molecule has 0 saturated carbocycles. The maximum absolute atomic E-state index is 13.0. The Kier molecular flexibility index (Phi) is 8.50. The molecule has 3 rings (SSSR count). The number of phenolic OH excluding ortho intramolecular Hbond substituents is 1. The molecule has 2 aromatic carbocycles. The Morgan fingerprint density at radius 1 is 0.806 bits per heavy atom. The molecular formula is C30H42N2O4. The maximum atomic E-state index is 13.0. The highest BCUT2D eigenvalue weighted by Crippen LogP contribution is 2.40. The Morgan fingerprint density at radius 3 is 1.81 bits per heavy atom. The number of aryl methyl sites for hydroxylation is 1. The molecule has 6 heteroatoms. The van der Waals surface area contributed by atoms with Crippen molar-refractivity contribution in [3.05, 3.63) is 64.2 Å². The molecule has 1 aliphatic rings. The van der Waals surface area contributed by atoms with E-state index in [2.05, 4.69) is 58.6 Å². The monoisotopic (exact) mass is 494 g/mol. The summed E-state index contributed by atoms with van der Waals surface area (Å²) < 4.78 is 0. The van der Waals surface area contributed by atoms with Crippen LogP contribution in [0.3, 0.4) is 0 Å². The number of amides is 1. The van der Waals surface area contributed by atoms with E-state index in [0.717, 1.165) is 61.4 Å². The van der Waals surface area contributed by atoms with Crippen molar-refractivity contribution in [3.8, 4) is 5.75 Å². The summed E-state index contributed by atoms with van der Waals surface area (Å²) in [5.41, 5.74) is 4.03. The number of aromatic hydroxyl groups is 1. The lowest BCUT2D eigenvalue weighted by Crippen LogP contribution is -2.49.